The van der Waals surface area contributed by atoms with Crippen molar-refractivity contribution in [1.82, 2.24) is 4.98 Å². The monoisotopic (exact) mass is 368 g/mol. The lowest BCUT2D eigenvalue weighted by Gasteiger charge is -2.07. The molecular weight excluding hydrogens is 355 g/mol. The molecule has 4 nitrogen and oxygen atoms in total. The molecule has 2 rings (SSSR count). The van der Waals surface area contributed by atoms with E-state index in [-0.39, 0.29) is 9.40 Å². The van der Waals surface area contributed by atoms with Crippen LogP contribution in [0.5, 0.6) is 5.88 Å². The molecule has 0 saturated carbocycles. The molecule has 7 heteroatoms. The van der Waals surface area contributed by atoms with Gasteiger partial charge in [-0.25, -0.2) is 4.98 Å². The Hall–Kier alpha value is -1.69. The molecule has 1 N–H and O–H groups in total. The van der Waals surface area contributed by atoms with Crippen molar-refractivity contribution < 1.29 is 9.53 Å². The van der Waals surface area contributed by atoms with E-state index in [1.54, 1.807) is 12.1 Å². The van der Waals surface area contributed by atoms with Gasteiger partial charge in [0, 0.05) is 11.8 Å². The summed E-state index contributed by atoms with van der Waals surface area (Å²) in [5.74, 6) is 0.609. The lowest BCUT2D eigenvalue weighted by molar-refractivity contribution is -0.112. The number of amides is 1. The smallest absolute Gasteiger partial charge is 0.269 e. The van der Waals surface area contributed by atoms with Crippen LogP contribution in [-0.2, 0) is 10.5 Å². The molecule has 1 aromatic carbocycles. The molecule has 2 aromatic rings. The quantitative estimate of drug-likeness (QED) is 0.756. The van der Waals surface area contributed by atoms with Crippen LogP contribution in [0.4, 0.5) is 5.69 Å². The Morgan fingerprint density at radius 3 is 2.57 bits per heavy atom. The number of aromatic nitrogens is 1. The van der Waals surface area contributed by atoms with Crippen molar-refractivity contribution in [3.05, 3.63) is 63.6 Å². The minimum atomic E-state index is -0.482. The standard InChI is InChI=1S/C16H14Cl2N2O2S/c1-22-13-8-7-12(9-19-13)20-16(21)14(17)15(18)23-10-11-5-3-2-4-6-11/h2-9H,10H2,1H3,(H,20,21). The molecule has 0 atom stereocenters. The second-order valence-electron chi connectivity index (χ2n) is 4.41. The minimum Gasteiger partial charge on any atom is -0.481 e. The number of rotatable bonds is 6. The number of hydrogen-bond donors (Lipinski definition) is 1. The van der Waals surface area contributed by atoms with Gasteiger partial charge in [-0.2, -0.15) is 0 Å². The van der Waals surface area contributed by atoms with E-state index in [1.165, 1.54) is 25.1 Å². The number of pyridine rings is 1. The molecule has 0 bridgehead atoms. The Bertz CT molecular complexity index is 691. The third kappa shape index (κ3) is 5.46. The maximum atomic E-state index is 12.1. The number of nitrogens with one attached hydrogen (secondary N) is 1. The summed E-state index contributed by atoms with van der Waals surface area (Å²) in [7, 11) is 1.52. The lowest BCUT2D eigenvalue weighted by atomic mass is 10.2. The molecule has 0 saturated heterocycles. The molecule has 1 heterocycles. The number of thioether (sulfide) groups is 1. The Morgan fingerprint density at radius 1 is 1.22 bits per heavy atom. The lowest BCUT2D eigenvalue weighted by Crippen LogP contribution is -2.12. The predicted octanol–water partition coefficient (Wildman–Crippen LogP) is 4.61. The Balaban J connectivity index is 1.96. The van der Waals surface area contributed by atoms with Crippen LogP contribution in [-0.4, -0.2) is 18.0 Å². The topological polar surface area (TPSA) is 51.2 Å². The second-order valence-corrected chi connectivity index (χ2v) is 6.37. The van der Waals surface area contributed by atoms with Crippen molar-refractivity contribution in [3.63, 3.8) is 0 Å². The summed E-state index contributed by atoms with van der Waals surface area (Å²) < 4.78 is 5.20. The summed E-state index contributed by atoms with van der Waals surface area (Å²) in [6.45, 7) is 0. The first-order valence-corrected chi connectivity index (χ1v) is 8.37. The minimum absolute atomic E-state index is 0.0524. The third-order valence-corrected chi connectivity index (χ3v) is 4.80. The molecule has 0 fully saturated rings. The van der Waals surface area contributed by atoms with Gasteiger partial charge < -0.3 is 10.1 Å². The van der Waals surface area contributed by atoms with E-state index in [0.717, 1.165) is 5.56 Å². The number of carbonyl (C=O) groups is 1. The SMILES string of the molecule is COc1ccc(NC(=O)C(Cl)=C(Cl)SCc2ccccc2)cn1. The fraction of sp³-hybridized carbons (Fsp3) is 0.125. The highest BCUT2D eigenvalue weighted by Crippen LogP contribution is 2.30. The van der Waals surface area contributed by atoms with E-state index < -0.39 is 5.91 Å². The zero-order chi connectivity index (χ0) is 16.7. The van der Waals surface area contributed by atoms with Gasteiger partial charge in [0.05, 0.1) is 23.4 Å². The van der Waals surface area contributed by atoms with Gasteiger partial charge in [-0.05, 0) is 11.6 Å². The molecule has 1 aromatic heterocycles. The average molecular weight is 369 g/mol. The Morgan fingerprint density at radius 2 is 1.96 bits per heavy atom. The highest BCUT2D eigenvalue weighted by atomic mass is 35.5. The van der Waals surface area contributed by atoms with E-state index in [1.807, 2.05) is 30.3 Å². The molecule has 0 radical (unpaired) electrons. The number of methoxy groups -OCH3 is 1. The summed E-state index contributed by atoms with van der Waals surface area (Å²) in [6.07, 6.45) is 1.48. The van der Waals surface area contributed by atoms with Gasteiger partial charge >= 0.3 is 0 Å². The number of halogens is 2. The van der Waals surface area contributed by atoms with Gasteiger partial charge in [0.2, 0.25) is 5.88 Å². The van der Waals surface area contributed by atoms with E-state index in [2.05, 4.69) is 10.3 Å². The summed E-state index contributed by atoms with van der Waals surface area (Å²) in [5.41, 5.74) is 1.60. The van der Waals surface area contributed by atoms with Gasteiger partial charge in [-0.3, -0.25) is 4.79 Å². The zero-order valence-corrected chi connectivity index (χ0v) is 14.6. The fourth-order valence-electron chi connectivity index (χ4n) is 1.63. The Kier molecular flexibility index (Phi) is 6.77. The zero-order valence-electron chi connectivity index (χ0n) is 12.3. The fourth-order valence-corrected chi connectivity index (χ4v) is 2.80. The van der Waals surface area contributed by atoms with Gasteiger partial charge in [0.1, 0.15) is 5.03 Å². The molecular formula is C16H14Cl2N2O2S. The van der Waals surface area contributed by atoms with Crippen LogP contribution in [0.2, 0.25) is 0 Å². The number of benzene rings is 1. The van der Waals surface area contributed by atoms with Gasteiger partial charge in [-0.15, -0.1) is 11.8 Å². The molecule has 0 spiro atoms. The number of ether oxygens (including phenoxy) is 1. The summed E-state index contributed by atoms with van der Waals surface area (Å²) in [5, 5.41) is 2.58. The third-order valence-electron chi connectivity index (χ3n) is 2.78. The maximum absolute atomic E-state index is 12.1. The number of carbonyl (C=O) groups excluding carboxylic acids is 1. The molecule has 0 aliphatic heterocycles. The van der Waals surface area contributed by atoms with E-state index in [4.69, 9.17) is 27.9 Å². The number of anilines is 1. The van der Waals surface area contributed by atoms with Crippen molar-refractivity contribution in [2.24, 2.45) is 0 Å². The molecule has 1 amide bonds. The molecule has 0 aliphatic rings. The first-order chi connectivity index (χ1) is 11.1. The molecule has 0 aliphatic carbocycles. The normalized spacial score (nSPS) is 11.6. The average Bonchev–Trinajstić information content (AvgIpc) is 2.60. The van der Waals surface area contributed by atoms with E-state index in [9.17, 15) is 4.79 Å². The van der Waals surface area contributed by atoms with Crippen molar-refractivity contribution in [1.29, 1.82) is 0 Å². The second kappa shape index (κ2) is 8.82. The first-order valence-electron chi connectivity index (χ1n) is 6.63. The van der Waals surface area contributed by atoms with E-state index in [0.29, 0.717) is 17.3 Å². The highest BCUT2D eigenvalue weighted by Gasteiger charge is 2.13. The van der Waals surface area contributed by atoms with Crippen LogP contribution in [0.3, 0.4) is 0 Å². The maximum Gasteiger partial charge on any atom is 0.269 e. The van der Waals surface area contributed by atoms with Crippen molar-refractivity contribution >= 4 is 46.6 Å². The van der Waals surface area contributed by atoms with Crippen LogP contribution in [0, 0.1) is 0 Å². The Labute approximate surface area is 148 Å². The predicted molar refractivity (Wildman–Crippen MR) is 95.9 cm³/mol. The molecule has 120 valence electrons. The number of hydrogen-bond acceptors (Lipinski definition) is 4. The first kappa shape index (κ1) is 17.7. The van der Waals surface area contributed by atoms with Gasteiger partial charge in [0.15, 0.2) is 0 Å². The highest BCUT2D eigenvalue weighted by molar-refractivity contribution is 8.03. The summed E-state index contributed by atoms with van der Waals surface area (Å²) in [4.78, 5) is 16.1. The van der Waals surface area contributed by atoms with Crippen molar-refractivity contribution in [3.8, 4) is 5.88 Å². The van der Waals surface area contributed by atoms with Crippen LogP contribution < -0.4 is 10.1 Å². The van der Waals surface area contributed by atoms with Gasteiger partial charge in [0.25, 0.3) is 5.91 Å². The molecule has 0 unspecified atom stereocenters. The van der Waals surface area contributed by atoms with Crippen molar-refractivity contribution in [2.75, 3.05) is 12.4 Å². The van der Waals surface area contributed by atoms with Crippen molar-refractivity contribution in [2.45, 2.75) is 5.75 Å². The molecule has 23 heavy (non-hydrogen) atoms. The van der Waals surface area contributed by atoms with Gasteiger partial charge in [-0.1, -0.05) is 53.5 Å². The van der Waals surface area contributed by atoms with Crippen LogP contribution in [0.1, 0.15) is 5.56 Å². The number of nitrogens with zero attached hydrogens (tertiary/aromatic N) is 1. The van der Waals surface area contributed by atoms with Crippen LogP contribution >= 0.6 is 35.0 Å². The van der Waals surface area contributed by atoms with E-state index >= 15 is 0 Å². The summed E-state index contributed by atoms with van der Waals surface area (Å²) >= 11 is 13.4. The largest absolute Gasteiger partial charge is 0.481 e. The summed E-state index contributed by atoms with van der Waals surface area (Å²) in [6, 6.07) is 13.1. The van der Waals surface area contributed by atoms with Crippen LogP contribution in [0.25, 0.3) is 0 Å². The van der Waals surface area contributed by atoms with Crippen LogP contribution in [0.15, 0.2) is 58.1 Å².